The highest BCUT2D eigenvalue weighted by molar-refractivity contribution is 7.98. The minimum atomic E-state index is -0.145. The van der Waals surface area contributed by atoms with Crippen molar-refractivity contribution in [3.8, 4) is 11.3 Å². The molecule has 1 N–H and O–H groups in total. The van der Waals surface area contributed by atoms with Gasteiger partial charge in [0.25, 0.3) is 5.91 Å². The fourth-order valence-corrected chi connectivity index (χ4v) is 3.49. The van der Waals surface area contributed by atoms with E-state index in [1.54, 1.807) is 18.0 Å². The van der Waals surface area contributed by atoms with Crippen LogP contribution in [-0.4, -0.2) is 17.1 Å². The van der Waals surface area contributed by atoms with Gasteiger partial charge in [-0.1, -0.05) is 43.7 Å². The molecule has 0 saturated heterocycles. The number of aromatic nitrogens is 1. The average Bonchev–Trinajstić information content (AvgIpc) is 2.73. The maximum absolute atomic E-state index is 12.5. The number of pyridine rings is 1. The molecule has 138 valence electrons. The molecule has 0 aliphatic heterocycles. The van der Waals surface area contributed by atoms with Gasteiger partial charge in [-0.3, -0.25) is 9.78 Å². The molecule has 0 unspecified atom stereocenters. The number of unbranched alkanes of at least 4 members (excludes halogenated alkanes) is 1. The van der Waals surface area contributed by atoms with Crippen molar-refractivity contribution in [2.24, 2.45) is 0 Å². The van der Waals surface area contributed by atoms with E-state index in [0.717, 1.165) is 23.4 Å². The molecule has 0 atom stereocenters. The quantitative estimate of drug-likeness (QED) is 0.509. The summed E-state index contributed by atoms with van der Waals surface area (Å²) in [6.45, 7) is 2.19. The third-order valence-corrected chi connectivity index (χ3v) is 5.24. The number of carbonyl (C=O) groups is 1. The Morgan fingerprint density at radius 2 is 1.81 bits per heavy atom. The summed E-state index contributed by atoms with van der Waals surface area (Å²) in [7, 11) is 0. The van der Waals surface area contributed by atoms with Crippen LogP contribution in [0.25, 0.3) is 11.3 Å². The van der Waals surface area contributed by atoms with Crippen molar-refractivity contribution in [3.63, 3.8) is 0 Å². The maximum atomic E-state index is 12.5. The van der Waals surface area contributed by atoms with Gasteiger partial charge in [0, 0.05) is 22.3 Å². The standard InChI is InChI=1S/C23H24N2OS/c1-3-4-7-17-10-13-19(14-11-17)25-23(26)18-12-15-21(24-16-18)20-8-5-6-9-22(20)27-2/h5-6,8-16H,3-4,7H2,1-2H3,(H,25,26). The molecule has 0 saturated carbocycles. The molecule has 0 bridgehead atoms. The van der Waals surface area contributed by atoms with Crippen LogP contribution in [-0.2, 0) is 6.42 Å². The molecule has 3 aromatic rings. The number of hydrogen-bond donors (Lipinski definition) is 1. The second kappa shape index (κ2) is 9.38. The summed E-state index contributed by atoms with van der Waals surface area (Å²) in [5.74, 6) is -0.145. The first-order valence-corrected chi connectivity index (χ1v) is 10.4. The summed E-state index contributed by atoms with van der Waals surface area (Å²) in [4.78, 5) is 18.2. The summed E-state index contributed by atoms with van der Waals surface area (Å²) in [6.07, 6.45) is 7.13. The van der Waals surface area contributed by atoms with Gasteiger partial charge in [-0.25, -0.2) is 0 Å². The van der Waals surface area contributed by atoms with Crippen LogP contribution in [0.15, 0.2) is 71.8 Å². The third-order valence-electron chi connectivity index (χ3n) is 4.44. The van der Waals surface area contributed by atoms with Gasteiger partial charge in [0.2, 0.25) is 0 Å². The lowest BCUT2D eigenvalue weighted by Gasteiger charge is -2.09. The second-order valence-corrected chi connectivity index (χ2v) is 7.24. The lowest BCUT2D eigenvalue weighted by atomic mass is 10.1. The number of benzene rings is 2. The van der Waals surface area contributed by atoms with Crippen molar-refractivity contribution in [1.29, 1.82) is 0 Å². The molecule has 0 radical (unpaired) electrons. The Morgan fingerprint density at radius 3 is 2.48 bits per heavy atom. The number of rotatable bonds is 7. The van der Waals surface area contributed by atoms with E-state index in [1.807, 2.05) is 48.7 Å². The van der Waals surface area contributed by atoms with Gasteiger partial charge in [-0.2, -0.15) is 0 Å². The summed E-state index contributed by atoms with van der Waals surface area (Å²) >= 11 is 1.69. The van der Waals surface area contributed by atoms with E-state index in [-0.39, 0.29) is 5.91 Å². The number of hydrogen-bond acceptors (Lipinski definition) is 3. The van der Waals surface area contributed by atoms with Crippen LogP contribution in [0.2, 0.25) is 0 Å². The second-order valence-electron chi connectivity index (χ2n) is 6.39. The van der Waals surface area contributed by atoms with Crippen LogP contribution in [0.5, 0.6) is 0 Å². The van der Waals surface area contributed by atoms with Gasteiger partial charge in [-0.05, 0) is 55.0 Å². The Hall–Kier alpha value is -2.59. The predicted molar refractivity (Wildman–Crippen MR) is 114 cm³/mol. The molecule has 27 heavy (non-hydrogen) atoms. The highest BCUT2D eigenvalue weighted by atomic mass is 32.2. The third kappa shape index (κ3) is 4.98. The smallest absolute Gasteiger partial charge is 0.257 e. The summed E-state index contributed by atoms with van der Waals surface area (Å²) < 4.78 is 0. The predicted octanol–water partition coefficient (Wildman–Crippen LogP) is 6.07. The van der Waals surface area contributed by atoms with E-state index in [0.29, 0.717) is 5.56 Å². The molecule has 1 heterocycles. The fourth-order valence-electron chi connectivity index (χ4n) is 2.88. The number of carbonyl (C=O) groups excluding carboxylic acids is 1. The molecule has 0 fully saturated rings. The normalized spacial score (nSPS) is 10.6. The van der Waals surface area contributed by atoms with E-state index in [2.05, 4.69) is 35.4 Å². The van der Waals surface area contributed by atoms with Gasteiger partial charge in [0.05, 0.1) is 11.3 Å². The fraction of sp³-hybridized carbons (Fsp3) is 0.217. The van der Waals surface area contributed by atoms with Crippen molar-refractivity contribution in [2.75, 3.05) is 11.6 Å². The average molecular weight is 377 g/mol. The van der Waals surface area contributed by atoms with Crippen molar-refractivity contribution in [2.45, 2.75) is 31.1 Å². The Kier molecular flexibility index (Phi) is 6.66. The van der Waals surface area contributed by atoms with Crippen LogP contribution >= 0.6 is 11.8 Å². The molecule has 0 aliphatic rings. The lowest BCUT2D eigenvalue weighted by Crippen LogP contribution is -2.12. The molecule has 3 rings (SSSR count). The molecule has 0 spiro atoms. The molecule has 2 aromatic carbocycles. The van der Waals surface area contributed by atoms with Crippen LogP contribution in [0, 0.1) is 0 Å². The zero-order chi connectivity index (χ0) is 19.1. The van der Waals surface area contributed by atoms with Crippen LogP contribution in [0.1, 0.15) is 35.7 Å². The van der Waals surface area contributed by atoms with Gasteiger partial charge >= 0.3 is 0 Å². The number of nitrogens with zero attached hydrogens (tertiary/aromatic N) is 1. The Bertz CT molecular complexity index is 889. The monoisotopic (exact) mass is 376 g/mol. The minimum Gasteiger partial charge on any atom is -0.322 e. The zero-order valence-electron chi connectivity index (χ0n) is 15.7. The number of aryl methyl sites for hydroxylation is 1. The van der Waals surface area contributed by atoms with Gasteiger partial charge in [-0.15, -0.1) is 11.8 Å². The summed E-state index contributed by atoms with van der Waals surface area (Å²) in [5.41, 5.74) is 4.61. The molecule has 1 aromatic heterocycles. The summed E-state index contributed by atoms with van der Waals surface area (Å²) in [5, 5.41) is 2.94. The van der Waals surface area contributed by atoms with Crippen LogP contribution in [0.4, 0.5) is 5.69 Å². The lowest BCUT2D eigenvalue weighted by molar-refractivity contribution is 0.102. The van der Waals surface area contributed by atoms with E-state index in [4.69, 9.17) is 0 Å². The first kappa shape index (κ1) is 19.2. The summed E-state index contributed by atoms with van der Waals surface area (Å²) in [6, 6.07) is 19.9. The first-order valence-electron chi connectivity index (χ1n) is 9.21. The molecular weight excluding hydrogens is 352 g/mol. The number of thioether (sulfide) groups is 1. The number of nitrogens with one attached hydrogen (secondary N) is 1. The SMILES string of the molecule is CCCCc1ccc(NC(=O)c2ccc(-c3ccccc3SC)nc2)cc1. The van der Waals surface area contributed by atoms with E-state index in [9.17, 15) is 4.79 Å². The largest absolute Gasteiger partial charge is 0.322 e. The molecule has 1 amide bonds. The number of amides is 1. The van der Waals surface area contributed by atoms with Crippen molar-refractivity contribution in [1.82, 2.24) is 4.98 Å². The molecular formula is C23H24N2OS. The Labute approximate surface area is 165 Å². The van der Waals surface area contributed by atoms with Gasteiger partial charge in [0.15, 0.2) is 0 Å². The molecule has 3 nitrogen and oxygen atoms in total. The minimum absolute atomic E-state index is 0.145. The maximum Gasteiger partial charge on any atom is 0.257 e. The van der Waals surface area contributed by atoms with Crippen LogP contribution in [0.3, 0.4) is 0 Å². The molecule has 4 heteroatoms. The molecule has 0 aliphatic carbocycles. The van der Waals surface area contributed by atoms with E-state index < -0.39 is 0 Å². The topological polar surface area (TPSA) is 42.0 Å². The van der Waals surface area contributed by atoms with Crippen LogP contribution < -0.4 is 5.32 Å². The Balaban J connectivity index is 1.69. The first-order chi connectivity index (χ1) is 13.2. The van der Waals surface area contributed by atoms with Crippen molar-refractivity contribution in [3.05, 3.63) is 78.0 Å². The highest BCUT2D eigenvalue weighted by Crippen LogP contribution is 2.28. The zero-order valence-corrected chi connectivity index (χ0v) is 16.6. The van der Waals surface area contributed by atoms with Gasteiger partial charge < -0.3 is 5.32 Å². The van der Waals surface area contributed by atoms with Crippen molar-refractivity contribution >= 4 is 23.4 Å². The Morgan fingerprint density at radius 1 is 1.04 bits per heavy atom. The van der Waals surface area contributed by atoms with Gasteiger partial charge in [0.1, 0.15) is 0 Å². The van der Waals surface area contributed by atoms with E-state index >= 15 is 0 Å². The van der Waals surface area contributed by atoms with Crippen molar-refractivity contribution < 1.29 is 4.79 Å². The highest BCUT2D eigenvalue weighted by Gasteiger charge is 2.09. The number of anilines is 1. The van der Waals surface area contributed by atoms with E-state index in [1.165, 1.54) is 23.3 Å².